The zero-order chi connectivity index (χ0) is 23.1. The monoisotopic (exact) mass is 446 g/mol. The van der Waals surface area contributed by atoms with Gasteiger partial charge >= 0.3 is 0 Å². The molecule has 2 atom stereocenters. The highest BCUT2D eigenvalue weighted by Crippen LogP contribution is 2.55. The summed E-state index contributed by atoms with van der Waals surface area (Å²) < 4.78 is 17.3. The van der Waals surface area contributed by atoms with E-state index in [1.165, 1.54) is 23.1 Å². The molecule has 2 aliphatic carbocycles. The molecule has 1 saturated carbocycles. The first-order valence-electron chi connectivity index (χ1n) is 12.3. The molecule has 0 bridgehead atoms. The number of allylic oxidation sites excluding steroid dienone is 3. The van der Waals surface area contributed by atoms with E-state index in [1.807, 2.05) is 19.2 Å². The minimum Gasteiger partial charge on any atom is -0.497 e. The van der Waals surface area contributed by atoms with Crippen LogP contribution in [0.1, 0.15) is 56.6 Å². The summed E-state index contributed by atoms with van der Waals surface area (Å²) in [6, 6.07) is 18.9. The summed E-state index contributed by atoms with van der Waals surface area (Å²) in [5, 5.41) is 0. The first kappa shape index (κ1) is 23.8. The fourth-order valence-electron chi connectivity index (χ4n) is 5.68. The predicted molar refractivity (Wildman–Crippen MR) is 135 cm³/mol. The average molecular weight is 447 g/mol. The standard InChI is InChI=1S/C30H38O3/c1-23-15-17-30(16-8-18-33-22-25-9-5-4-6-10-25)21-27(32-3)20-29(30)28(23)14-13-24-11-7-12-26(19-24)31-2/h4-7,9-12,15,19,27H,8,13-14,16-18,20-22H2,1-3H3/t27-,30-/m0/s1. The summed E-state index contributed by atoms with van der Waals surface area (Å²) in [5.41, 5.74) is 7.49. The van der Waals surface area contributed by atoms with E-state index in [2.05, 4.69) is 55.5 Å². The van der Waals surface area contributed by atoms with Gasteiger partial charge in [0.2, 0.25) is 0 Å². The van der Waals surface area contributed by atoms with Crippen molar-refractivity contribution in [2.75, 3.05) is 20.8 Å². The summed E-state index contributed by atoms with van der Waals surface area (Å²) in [7, 11) is 3.61. The van der Waals surface area contributed by atoms with Gasteiger partial charge in [0.1, 0.15) is 5.75 Å². The molecule has 3 nitrogen and oxygen atoms in total. The molecule has 2 aliphatic rings. The van der Waals surface area contributed by atoms with Gasteiger partial charge in [-0.3, -0.25) is 0 Å². The summed E-state index contributed by atoms with van der Waals surface area (Å²) in [6.45, 7) is 3.80. The predicted octanol–water partition coefficient (Wildman–Crippen LogP) is 7.07. The Morgan fingerprint density at radius 1 is 0.970 bits per heavy atom. The molecule has 3 heteroatoms. The molecule has 0 aromatic heterocycles. The van der Waals surface area contributed by atoms with Crippen molar-refractivity contribution >= 4 is 0 Å². The van der Waals surface area contributed by atoms with Gasteiger partial charge in [0.25, 0.3) is 0 Å². The molecule has 33 heavy (non-hydrogen) atoms. The Morgan fingerprint density at radius 2 is 1.79 bits per heavy atom. The molecule has 0 amide bonds. The largest absolute Gasteiger partial charge is 0.497 e. The van der Waals surface area contributed by atoms with Crippen LogP contribution in [0.2, 0.25) is 0 Å². The highest BCUT2D eigenvalue weighted by atomic mass is 16.5. The smallest absolute Gasteiger partial charge is 0.119 e. The van der Waals surface area contributed by atoms with Gasteiger partial charge in [-0.15, -0.1) is 0 Å². The Hall–Kier alpha value is -2.36. The number of benzene rings is 2. The molecule has 0 N–H and O–H groups in total. The maximum atomic E-state index is 6.01. The van der Waals surface area contributed by atoms with Gasteiger partial charge in [0.05, 0.1) is 19.8 Å². The molecule has 176 valence electrons. The lowest BCUT2D eigenvalue weighted by atomic mass is 9.69. The van der Waals surface area contributed by atoms with Gasteiger partial charge < -0.3 is 14.2 Å². The van der Waals surface area contributed by atoms with Gasteiger partial charge in [-0.05, 0) is 86.1 Å². The lowest BCUT2D eigenvalue weighted by Gasteiger charge is -2.36. The molecule has 2 aromatic carbocycles. The van der Waals surface area contributed by atoms with Crippen molar-refractivity contribution in [2.24, 2.45) is 5.41 Å². The molecule has 1 fully saturated rings. The Balaban J connectivity index is 1.43. The summed E-state index contributed by atoms with van der Waals surface area (Å²) in [4.78, 5) is 0. The van der Waals surface area contributed by atoms with Crippen LogP contribution in [0.15, 0.2) is 77.4 Å². The molecule has 0 unspecified atom stereocenters. The Kier molecular flexibility index (Phi) is 8.06. The highest BCUT2D eigenvalue weighted by Gasteiger charge is 2.45. The average Bonchev–Trinajstić information content (AvgIpc) is 3.23. The maximum absolute atomic E-state index is 6.01. The first-order chi connectivity index (χ1) is 16.1. The Labute approximate surface area is 199 Å². The fourth-order valence-corrected chi connectivity index (χ4v) is 5.68. The van der Waals surface area contributed by atoms with E-state index in [4.69, 9.17) is 14.2 Å². The zero-order valence-corrected chi connectivity index (χ0v) is 20.4. The van der Waals surface area contributed by atoms with Crippen LogP contribution < -0.4 is 4.74 Å². The van der Waals surface area contributed by atoms with Crippen LogP contribution in [-0.2, 0) is 22.5 Å². The van der Waals surface area contributed by atoms with Crippen LogP contribution in [0.4, 0.5) is 0 Å². The highest BCUT2D eigenvalue weighted by molar-refractivity contribution is 5.44. The third kappa shape index (κ3) is 5.77. The summed E-state index contributed by atoms with van der Waals surface area (Å²) in [5.74, 6) is 0.936. The Bertz CT molecular complexity index is 975. The van der Waals surface area contributed by atoms with Crippen LogP contribution in [0, 0.1) is 5.41 Å². The zero-order valence-electron chi connectivity index (χ0n) is 20.4. The van der Waals surface area contributed by atoms with Crippen LogP contribution in [0.5, 0.6) is 5.75 Å². The quantitative estimate of drug-likeness (QED) is 0.346. The van der Waals surface area contributed by atoms with Crippen molar-refractivity contribution in [3.63, 3.8) is 0 Å². The van der Waals surface area contributed by atoms with Crippen LogP contribution in [0.25, 0.3) is 0 Å². The van der Waals surface area contributed by atoms with Crippen LogP contribution in [0.3, 0.4) is 0 Å². The number of rotatable bonds is 11. The van der Waals surface area contributed by atoms with Crippen molar-refractivity contribution in [1.29, 1.82) is 0 Å². The van der Waals surface area contributed by atoms with E-state index < -0.39 is 0 Å². The molecule has 0 spiro atoms. The van der Waals surface area contributed by atoms with E-state index in [-0.39, 0.29) is 5.41 Å². The molecule has 2 aromatic rings. The molecule has 0 radical (unpaired) electrons. The first-order valence-corrected chi connectivity index (χ1v) is 12.3. The van der Waals surface area contributed by atoms with Crippen molar-refractivity contribution in [1.82, 2.24) is 0 Å². The number of ether oxygens (including phenoxy) is 3. The molecule has 0 heterocycles. The molecular weight excluding hydrogens is 408 g/mol. The third-order valence-electron chi connectivity index (χ3n) is 7.52. The second kappa shape index (κ2) is 11.2. The van der Waals surface area contributed by atoms with Gasteiger partial charge in [0.15, 0.2) is 0 Å². The van der Waals surface area contributed by atoms with Gasteiger partial charge in [-0.1, -0.05) is 59.7 Å². The van der Waals surface area contributed by atoms with Gasteiger partial charge in [-0.2, -0.15) is 0 Å². The Morgan fingerprint density at radius 3 is 2.58 bits per heavy atom. The second-order valence-corrected chi connectivity index (χ2v) is 9.59. The van der Waals surface area contributed by atoms with E-state index in [1.54, 1.807) is 18.3 Å². The van der Waals surface area contributed by atoms with E-state index >= 15 is 0 Å². The number of fused-ring (bicyclic) bond motifs is 1. The molecule has 0 saturated heterocycles. The van der Waals surface area contributed by atoms with Crippen molar-refractivity contribution < 1.29 is 14.2 Å². The topological polar surface area (TPSA) is 27.7 Å². The van der Waals surface area contributed by atoms with Gasteiger partial charge in [0, 0.05) is 13.7 Å². The van der Waals surface area contributed by atoms with Crippen molar-refractivity contribution in [3.8, 4) is 5.75 Å². The number of methoxy groups -OCH3 is 2. The van der Waals surface area contributed by atoms with Crippen LogP contribution in [-0.4, -0.2) is 26.9 Å². The minimum atomic E-state index is 0.236. The van der Waals surface area contributed by atoms with Crippen LogP contribution >= 0.6 is 0 Å². The lowest BCUT2D eigenvalue weighted by Crippen LogP contribution is -2.24. The summed E-state index contributed by atoms with van der Waals surface area (Å²) in [6.07, 6.45) is 10.5. The van der Waals surface area contributed by atoms with E-state index in [0.717, 1.165) is 50.9 Å². The fraction of sp³-hybridized carbons (Fsp3) is 0.467. The third-order valence-corrected chi connectivity index (χ3v) is 7.52. The molecular formula is C30H38O3. The number of hydrogen-bond donors (Lipinski definition) is 0. The second-order valence-electron chi connectivity index (χ2n) is 9.59. The molecule has 0 aliphatic heterocycles. The van der Waals surface area contributed by atoms with Crippen molar-refractivity contribution in [3.05, 3.63) is 88.5 Å². The lowest BCUT2D eigenvalue weighted by molar-refractivity contribution is 0.0843. The maximum Gasteiger partial charge on any atom is 0.119 e. The normalized spacial score (nSPS) is 22.3. The number of hydrogen-bond acceptors (Lipinski definition) is 3. The minimum absolute atomic E-state index is 0.236. The SMILES string of the molecule is COc1cccc(CCC2=C3C[C@H](OC)C[C@]3(CCCOCc3ccccc3)CC=C2C)c1. The molecule has 4 rings (SSSR count). The van der Waals surface area contributed by atoms with E-state index in [9.17, 15) is 0 Å². The summed E-state index contributed by atoms with van der Waals surface area (Å²) >= 11 is 0. The number of aryl methyl sites for hydroxylation is 1. The van der Waals surface area contributed by atoms with Gasteiger partial charge in [-0.25, -0.2) is 0 Å². The van der Waals surface area contributed by atoms with E-state index in [0.29, 0.717) is 12.7 Å². The van der Waals surface area contributed by atoms with Crippen molar-refractivity contribution in [2.45, 2.75) is 64.6 Å².